The highest BCUT2D eigenvalue weighted by molar-refractivity contribution is 7.80. The number of hydrogen-bond acceptors (Lipinski definition) is 6. The van der Waals surface area contributed by atoms with Crippen molar-refractivity contribution >= 4 is 40.2 Å². The minimum Gasteiger partial charge on any atom is -0.493 e. The summed E-state index contributed by atoms with van der Waals surface area (Å²) in [6, 6.07) is 18.4. The van der Waals surface area contributed by atoms with Crippen LogP contribution < -0.4 is 20.9 Å². The molecule has 2 heterocycles. The summed E-state index contributed by atoms with van der Waals surface area (Å²) in [5.74, 6) is -0.206. The van der Waals surface area contributed by atoms with Crippen LogP contribution in [0.4, 0.5) is 0 Å². The van der Waals surface area contributed by atoms with Gasteiger partial charge < -0.3 is 4.74 Å². The van der Waals surface area contributed by atoms with Crippen molar-refractivity contribution < 1.29 is 14.3 Å². The number of hydrogen-bond donors (Lipinski definition) is 4. The highest BCUT2D eigenvalue weighted by Crippen LogP contribution is 2.14. The molecule has 0 unspecified atom stereocenters. The number of carbonyl (C=O) groups excluding carboxylic acids is 2. The third-order valence-corrected chi connectivity index (χ3v) is 5.20. The molecule has 0 aliphatic rings. The SMILES string of the molecule is Cc1[nH]nc2ncc(C(=O)NNC(=S)NC(=O)c3ccc(OCCc4ccccc4)cc3)cc12. The lowest BCUT2D eigenvalue weighted by atomic mass is 10.2. The smallest absolute Gasteiger partial charge is 0.271 e. The highest BCUT2D eigenvalue weighted by atomic mass is 32.1. The molecule has 0 spiro atoms. The Labute approximate surface area is 200 Å². The van der Waals surface area contributed by atoms with Crippen molar-refractivity contribution in [3.8, 4) is 5.75 Å². The third-order valence-electron chi connectivity index (χ3n) is 5.00. The number of aryl methyl sites for hydroxylation is 1. The quantitative estimate of drug-likeness (QED) is 0.250. The third kappa shape index (κ3) is 5.73. The molecule has 172 valence electrons. The summed E-state index contributed by atoms with van der Waals surface area (Å²) in [6.45, 7) is 2.37. The fourth-order valence-electron chi connectivity index (χ4n) is 3.17. The van der Waals surface area contributed by atoms with Crippen LogP contribution in [0.5, 0.6) is 5.75 Å². The van der Waals surface area contributed by atoms with Gasteiger partial charge in [0.2, 0.25) is 0 Å². The number of fused-ring (bicyclic) bond motifs is 1. The molecule has 0 atom stereocenters. The van der Waals surface area contributed by atoms with Crippen molar-refractivity contribution in [2.24, 2.45) is 0 Å². The Kier molecular flexibility index (Phi) is 7.09. The molecule has 0 aliphatic carbocycles. The zero-order valence-corrected chi connectivity index (χ0v) is 19.1. The number of ether oxygens (including phenoxy) is 1. The van der Waals surface area contributed by atoms with Crippen molar-refractivity contribution in [2.45, 2.75) is 13.3 Å². The Morgan fingerprint density at radius 1 is 1.00 bits per heavy atom. The summed E-state index contributed by atoms with van der Waals surface area (Å²) in [7, 11) is 0. The lowest BCUT2D eigenvalue weighted by Gasteiger charge is -2.11. The molecule has 0 bridgehead atoms. The monoisotopic (exact) mass is 474 g/mol. The van der Waals surface area contributed by atoms with Gasteiger partial charge >= 0.3 is 0 Å². The number of hydrazine groups is 1. The maximum Gasteiger partial charge on any atom is 0.271 e. The molecule has 0 saturated heterocycles. The first-order chi connectivity index (χ1) is 16.5. The predicted octanol–water partition coefficient (Wildman–Crippen LogP) is 2.84. The number of pyridine rings is 1. The first-order valence-corrected chi connectivity index (χ1v) is 10.9. The van der Waals surface area contributed by atoms with Crippen molar-refractivity contribution in [1.29, 1.82) is 0 Å². The fourth-order valence-corrected chi connectivity index (χ4v) is 3.31. The largest absolute Gasteiger partial charge is 0.493 e. The maximum absolute atomic E-state index is 12.4. The van der Waals surface area contributed by atoms with Gasteiger partial charge in [-0.25, -0.2) is 4.98 Å². The predicted molar refractivity (Wildman–Crippen MR) is 131 cm³/mol. The number of aromatic amines is 1. The van der Waals surface area contributed by atoms with Gasteiger partial charge in [-0.1, -0.05) is 30.3 Å². The fraction of sp³-hybridized carbons (Fsp3) is 0.125. The van der Waals surface area contributed by atoms with Crippen molar-refractivity contribution in [1.82, 2.24) is 31.3 Å². The van der Waals surface area contributed by atoms with Crippen LogP contribution in [0.25, 0.3) is 11.0 Å². The van der Waals surface area contributed by atoms with Crippen LogP contribution in [0.15, 0.2) is 66.9 Å². The number of H-pyrrole nitrogens is 1. The molecule has 2 aromatic heterocycles. The highest BCUT2D eigenvalue weighted by Gasteiger charge is 2.12. The van der Waals surface area contributed by atoms with E-state index in [1.54, 1.807) is 30.3 Å². The van der Waals surface area contributed by atoms with Crippen molar-refractivity contribution in [2.75, 3.05) is 6.61 Å². The van der Waals surface area contributed by atoms with Gasteiger partial charge in [0, 0.05) is 29.3 Å². The molecule has 0 aliphatic heterocycles. The number of nitrogens with zero attached hydrogens (tertiary/aromatic N) is 2. The molecule has 0 saturated carbocycles. The second-order valence-electron chi connectivity index (χ2n) is 7.41. The van der Waals surface area contributed by atoms with E-state index in [9.17, 15) is 9.59 Å². The van der Waals surface area contributed by atoms with Crippen molar-refractivity contribution in [3.05, 3.63) is 89.2 Å². The summed E-state index contributed by atoms with van der Waals surface area (Å²) in [6.07, 6.45) is 2.20. The molecule has 34 heavy (non-hydrogen) atoms. The Morgan fingerprint density at radius 3 is 2.53 bits per heavy atom. The topological polar surface area (TPSA) is 121 Å². The summed E-state index contributed by atoms with van der Waals surface area (Å²) in [5, 5.41) is 10.1. The minimum atomic E-state index is -0.455. The van der Waals surface area contributed by atoms with E-state index >= 15 is 0 Å². The number of amides is 2. The molecule has 4 rings (SSSR count). The molecule has 4 aromatic rings. The first kappa shape index (κ1) is 22.9. The Hall–Kier alpha value is -4.31. The van der Waals surface area contributed by atoms with E-state index in [0.717, 1.165) is 17.5 Å². The van der Waals surface area contributed by atoms with Gasteiger partial charge in [-0.3, -0.25) is 30.9 Å². The van der Waals surface area contributed by atoms with Gasteiger partial charge in [-0.15, -0.1) is 0 Å². The molecule has 9 nitrogen and oxygen atoms in total. The van der Waals surface area contributed by atoms with Gasteiger partial charge in [0.1, 0.15) is 5.75 Å². The van der Waals surface area contributed by atoms with Gasteiger partial charge in [0.15, 0.2) is 10.8 Å². The second-order valence-corrected chi connectivity index (χ2v) is 7.82. The first-order valence-electron chi connectivity index (χ1n) is 10.5. The number of nitrogens with one attached hydrogen (secondary N) is 4. The molecule has 0 radical (unpaired) electrons. The van der Waals surface area contributed by atoms with E-state index in [-0.39, 0.29) is 5.11 Å². The van der Waals surface area contributed by atoms with Gasteiger partial charge in [-0.2, -0.15) is 5.10 Å². The van der Waals surface area contributed by atoms with E-state index in [4.69, 9.17) is 17.0 Å². The number of carbonyl (C=O) groups is 2. The van der Waals surface area contributed by atoms with E-state index in [1.165, 1.54) is 11.8 Å². The Bertz CT molecular complexity index is 1320. The summed E-state index contributed by atoms with van der Waals surface area (Å²) in [4.78, 5) is 28.9. The Balaban J connectivity index is 1.23. The number of thiocarbonyl (C=S) groups is 1. The van der Waals surface area contributed by atoms with Gasteiger partial charge in [-0.05, 0) is 55.0 Å². The lowest BCUT2D eigenvalue weighted by molar-refractivity contribution is 0.0934. The average Bonchev–Trinajstić information content (AvgIpc) is 3.23. The standard InChI is InChI=1S/C24H22N6O3S/c1-15-20-13-18(14-25-21(20)28-27-15)23(32)29-30-24(34)26-22(31)17-7-9-19(10-8-17)33-12-11-16-5-3-2-4-6-16/h2-10,13-14H,11-12H2,1H3,(H,29,32)(H,25,27,28)(H2,26,30,31,34). The summed E-state index contributed by atoms with van der Waals surface area (Å²) >= 11 is 5.10. The zero-order valence-electron chi connectivity index (χ0n) is 18.3. The lowest BCUT2D eigenvalue weighted by Crippen LogP contribution is -2.48. The number of rotatable bonds is 6. The van der Waals surface area contributed by atoms with Crippen LogP contribution in [-0.4, -0.2) is 38.7 Å². The van der Waals surface area contributed by atoms with Crippen LogP contribution in [0, 0.1) is 6.92 Å². The summed E-state index contributed by atoms with van der Waals surface area (Å²) < 4.78 is 5.73. The van der Waals surface area contributed by atoms with Crippen LogP contribution in [-0.2, 0) is 6.42 Å². The maximum atomic E-state index is 12.4. The van der Waals surface area contributed by atoms with E-state index in [2.05, 4.69) is 31.3 Å². The molecule has 2 aromatic carbocycles. The van der Waals surface area contributed by atoms with Crippen LogP contribution in [0.2, 0.25) is 0 Å². The molecule has 10 heteroatoms. The molecular weight excluding hydrogens is 452 g/mol. The number of benzene rings is 2. The van der Waals surface area contributed by atoms with E-state index < -0.39 is 11.8 Å². The zero-order chi connectivity index (χ0) is 23.9. The molecule has 2 amide bonds. The minimum absolute atomic E-state index is 0.0462. The summed E-state index contributed by atoms with van der Waals surface area (Å²) in [5.41, 5.74) is 8.20. The molecule has 4 N–H and O–H groups in total. The van der Waals surface area contributed by atoms with E-state index in [1.807, 2.05) is 37.3 Å². The molecular formula is C24H22N6O3S. The van der Waals surface area contributed by atoms with Crippen molar-refractivity contribution in [3.63, 3.8) is 0 Å². The molecule has 0 fully saturated rings. The van der Waals surface area contributed by atoms with Crippen LogP contribution >= 0.6 is 12.2 Å². The normalized spacial score (nSPS) is 10.5. The van der Waals surface area contributed by atoms with Gasteiger partial charge in [0.25, 0.3) is 11.8 Å². The Morgan fingerprint density at radius 2 is 1.76 bits per heavy atom. The second kappa shape index (κ2) is 10.5. The van der Waals surface area contributed by atoms with Crippen LogP contribution in [0.3, 0.4) is 0 Å². The average molecular weight is 475 g/mol. The van der Waals surface area contributed by atoms with Crippen LogP contribution in [0.1, 0.15) is 32.0 Å². The van der Waals surface area contributed by atoms with E-state index in [0.29, 0.717) is 29.1 Å². The van der Waals surface area contributed by atoms with Gasteiger partial charge in [0.05, 0.1) is 12.2 Å². The number of aromatic nitrogens is 3.